The van der Waals surface area contributed by atoms with E-state index in [0.717, 1.165) is 12.8 Å². The quantitative estimate of drug-likeness (QED) is 0.341. The van der Waals surface area contributed by atoms with Crippen LogP contribution in [0.4, 0.5) is 0 Å². The number of cyclic esters (lactones) is 1. The van der Waals surface area contributed by atoms with E-state index in [4.69, 9.17) is 28.4 Å². The highest BCUT2D eigenvalue weighted by atomic mass is 16.7. The molecule has 4 aliphatic heterocycles. The molecule has 2 unspecified atom stereocenters. The molecule has 11 nitrogen and oxygen atoms in total. The molecule has 0 aromatic carbocycles. The van der Waals surface area contributed by atoms with Crippen LogP contribution in [0.1, 0.15) is 65.7 Å². The molecule has 3 fully saturated rings. The third-order valence-corrected chi connectivity index (χ3v) is 9.17. The molecule has 4 N–H and O–H groups in total. The topological polar surface area (TPSA) is 153 Å². The number of fused-ring (bicyclic) bond motifs is 4. The summed E-state index contributed by atoms with van der Waals surface area (Å²) in [5, 5.41) is 41.4. The molecule has 0 saturated carbocycles. The van der Waals surface area contributed by atoms with Gasteiger partial charge in [0.05, 0.1) is 49.3 Å². The number of rotatable bonds is 4. The fourth-order valence-electron chi connectivity index (χ4n) is 6.64. The van der Waals surface area contributed by atoms with E-state index < -0.39 is 55.5 Å². The van der Waals surface area contributed by atoms with E-state index in [1.807, 2.05) is 12.2 Å². The number of hydrogen-bond acceptors (Lipinski definition) is 11. The Labute approximate surface area is 260 Å². The van der Waals surface area contributed by atoms with Gasteiger partial charge in [-0.1, -0.05) is 44.2 Å². The molecule has 0 amide bonds. The number of allylic oxidation sites excluding steroid dienone is 3. The minimum absolute atomic E-state index is 0.0217. The van der Waals surface area contributed by atoms with Crippen LogP contribution in [0.2, 0.25) is 0 Å². The molecule has 0 radical (unpaired) electrons. The van der Waals surface area contributed by atoms with Gasteiger partial charge >= 0.3 is 5.97 Å². The monoisotopic (exact) mass is 624 g/mol. The van der Waals surface area contributed by atoms with Crippen LogP contribution in [0.3, 0.4) is 0 Å². The molecule has 250 valence electrons. The van der Waals surface area contributed by atoms with Crippen LogP contribution in [0.25, 0.3) is 0 Å². The Balaban J connectivity index is 1.47. The van der Waals surface area contributed by atoms with Crippen molar-refractivity contribution in [2.75, 3.05) is 13.7 Å². The van der Waals surface area contributed by atoms with Gasteiger partial charge in [0.1, 0.15) is 24.4 Å². The number of aliphatic hydroxyl groups is 4. The van der Waals surface area contributed by atoms with Gasteiger partial charge < -0.3 is 48.8 Å². The Kier molecular flexibility index (Phi) is 13.4. The molecule has 0 aromatic heterocycles. The molecule has 0 aromatic rings. The van der Waals surface area contributed by atoms with Crippen LogP contribution in [0.5, 0.6) is 0 Å². The second-order valence-corrected chi connectivity index (χ2v) is 12.9. The molecule has 3 saturated heterocycles. The zero-order valence-electron chi connectivity index (χ0n) is 26.4. The minimum atomic E-state index is -1.15. The van der Waals surface area contributed by atoms with E-state index in [-0.39, 0.29) is 48.8 Å². The summed E-state index contributed by atoms with van der Waals surface area (Å²) in [6.07, 6.45) is 7.78. The zero-order chi connectivity index (χ0) is 31.8. The molecule has 0 spiro atoms. The third kappa shape index (κ3) is 9.67. The lowest BCUT2D eigenvalue weighted by Gasteiger charge is -2.43. The maximum Gasteiger partial charge on any atom is 0.330 e. The summed E-state index contributed by atoms with van der Waals surface area (Å²) in [4.78, 5) is 12.6. The van der Waals surface area contributed by atoms with Crippen molar-refractivity contribution in [1.82, 2.24) is 0 Å². The first-order valence-corrected chi connectivity index (χ1v) is 16.1. The first kappa shape index (κ1) is 35.2. The normalized spacial score (nSPS) is 46.8. The van der Waals surface area contributed by atoms with Crippen molar-refractivity contribution in [3.05, 3.63) is 36.5 Å². The number of aliphatic hydroxyl groups excluding tert-OH is 4. The summed E-state index contributed by atoms with van der Waals surface area (Å²) in [5.74, 6) is -0.126. The fourth-order valence-corrected chi connectivity index (χ4v) is 6.64. The Morgan fingerprint density at radius 1 is 0.864 bits per heavy atom. The lowest BCUT2D eigenvalue weighted by Crippen LogP contribution is -2.59. The minimum Gasteiger partial charge on any atom is -0.457 e. The lowest BCUT2D eigenvalue weighted by molar-refractivity contribution is -0.315. The van der Waals surface area contributed by atoms with Gasteiger partial charge in [-0.3, -0.25) is 0 Å². The number of esters is 1. The summed E-state index contributed by atoms with van der Waals surface area (Å²) in [6.45, 7) is 5.52. The van der Waals surface area contributed by atoms with Crippen molar-refractivity contribution in [2.45, 2.75) is 139 Å². The number of carbonyl (C=O) groups excluding carboxylic acids is 1. The third-order valence-electron chi connectivity index (χ3n) is 9.17. The molecular formula is C33H52O11. The summed E-state index contributed by atoms with van der Waals surface area (Å²) < 4.78 is 35.7. The molecular weight excluding hydrogens is 572 g/mol. The fraction of sp³-hybridized carbons (Fsp3) is 0.788. The number of methoxy groups -OCH3 is 1. The highest BCUT2D eigenvalue weighted by molar-refractivity contribution is 5.82. The molecule has 4 aliphatic rings. The van der Waals surface area contributed by atoms with Gasteiger partial charge in [0.25, 0.3) is 0 Å². The average molecular weight is 625 g/mol. The van der Waals surface area contributed by atoms with E-state index >= 15 is 0 Å². The molecule has 0 aliphatic carbocycles. The average Bonchev–Trinajstić information content (AvgIpc) is 3.35. The summed E-state index contributed by atoms with van der Waals surface area (Å²) in [5.41, 5.74) is 0. The van der Waals surface area contributed by atoms with Crippen LogP contribution in [-0.2, 0) is 33.2 Å². The van der Waals surface area contributed by atoms with Crippen molar-refractivity contribution < 1.29 is 53.6 Å². The Bertz CT molecular complexity index is 985. The van der Waals surface area contributed by atoms with Crippen LogP contribution in [-0.4, -0.2) is 114 Å². The van der Waals surface area contributed by atoms with E-state index in [0.29, 0.717) is 25.7 Å². The van der Waals surface area contributed by atoms with Gasteiger partial charge in [0, 0.05) is 32.4 Å². The first-order valence-electron chi connectivity index (χ1n) is 16.1. The van der Waals surface area contributed by atoms with E-state index in [2.05, 4.69) is 26.0 Å². The van der Waals surface area contributed by atoms with Crippen LogP contribution < -0.4 is 0 Å². The number of carbonyl (C=O) groups is 1. The second kappa shape index (κ2) is 16.8. The maximum absolute atomic E-state index is 12.6. The van der Waals surface area contributed by atoms with Crippen molar-refractivity contribution in [3.63, 3.8) is 0 Å². The molecule has 11 heteroatoms. The van der Waals surface area contributed by atoms with Gasteiger partial charge in [-0.15, -0.1) is 0 Å². The largest absolute Gasteiger partial charge is 0.457 e. The van der Waals surface area contributed by atoms with Crippen molar-refractivity contribution in [3.8, 4) is 0 Å². The lowest BCUT2D eigenvalue weighted by atomic mass is 9.92. The molecule has 4 heterocycles. The highest BCUT2D eigenvalue weighted by Crippen LogP contribution is 2.33. The summed E-state index contributed by atoms with van der Waals surface area (Å²) in [6, 6.07) is 0. The van der Waals surface area contributed by atoms with Crippen LogP contribution in [0, 0.1) is 11.8 Å². The van der Waals surface area contributed by atoms with Crippen LogP contribution >= 0.6 is 0 Å². The molecule has 4 bridgehead atoms. The van der Waals surface area contributed by atoms with Crippen LogP contribution in [0.15, 0.2) is 36.5 Å². The first-order chi connectivity index (χ1) is 21.1. The summed E-state index contributed by atoms with van der Waals surface area (Å²) >= 11 is 0. The zero-order valence-corrected chi connectivity index (χ0v) is 26.4. The Morgan fingerprint density at radius 2 is 1.64 bits per heavy atom. The van der Waals surface area contributed by atoms with Crippen molar-refractivity contribution in [1.29, 1.82) is 0 Å². The Morgan fingerprint density at radius 3 is 2.39 bits per heavy atom. The number of ether oxygens (including phenoxy) is 6. The molecule has 14 atom stereocenters. The molecule has 44 heavy (non-hydrogen) atoms. The van der Waals surface area contributed by atoms with Crippen molar-refractivity contribution >= 4 is 5.97 Å². The Hall–Kier alpha value is -1.67. The predicted octanol–water partition coefficient (Wildman–Crippen LogP) is 2.34. The van der Waals surface area contributed by atoms with Gasteiger partial charge in [-0.05, 0) is 44.4 Å². The smallest absolute Gasteiger partial charge is 0.330 e. The second-order valence-electron chi connectivity index (χ2n) is 12.9. The SMILES string of the molecule is CO[C@H]1[C@H](O[C@@H]2C[C@@H]3C/C=C/C(=O)O[C@@H](CO)C[C@@H](O)C4C[C@@H](C)C(C/C=C\C=C\[C@H](C)C[C@H](C2)O3)O4)O[C@@H](C)[C@H](O)[C@H]1O. The maximum atomic E-state index is 12.6. The van der Waals surface area contributed by atoms with Gasteiger partial charge in [-0.2, -0.15) is 0 Å². The van der Waals surface area contributed by atoms with E-state index in [9.17, 15) is 25.2 Å². The highest BCUT2D eigenvalue weighted by Gasteiger charge is 2.45. The van der Waals surface area contributed by atoms with Gasteiger partial charge in [0.2, 0.25) is 0 Å². The summed E-state index contributed by atoms with van der Waals surface area (Å²) in [7, 11) is 1.45. The van der Waals surface area contributed by atoms with Gasteiger partial charge in [0.15, 0.2) is 6.29 Å². The van der Waals surface area contributed by atoms with Crippen molar-refractivity contribution in [2.24, 2.45) is 11.8 Å². The molecule has 4 rings (SSSR count). The number of hydrogen-bond donors (Lipinski definition) is 4. The van der Waals surface area contributed by atoms with E-state index in [1.165, 1.54) is 13.2 Å². The van der Waals surface area contributed by atoms with E-state index in [1.54, 1.807) is 13.0 Å². The predicted molar refractivity (Wildman–Crippen MR) is 160 cm³/mol. The standard InChI is InChI=1S/C33H52O11/c1-19-9-6-5-7-11-27-20(2)14-28(44-27)26(35)17-25(18-34)42-29(36)12-8-10-22-15-24(16-23(13-19)41-22)43-33-32(39-4)31(38)30(37)21(3)40-33/h5-9,12,19-28,30-35,37-38H,10-11,13-18H2,1-4H3/b7-5-,9-6+,12-8+/t19-,20+,21-,22-,23+,24+,25+,26+,27?,28?,30-,31+,32+,33-/m0/s1. The van der Waals surface area contributed by atoms with Gasteiger partial charge in [-0.25, -0.2) is 4.79 Å².